The molecule has 4 nitrogen and oxygen atoms in total. The number of nitrogens with two attached hydrogens (primary N) is 1. The summed E-state index contributed by atoms with van der Waals surface area (Å²) in [6, 6.07) is 6.97. The third-order valence-electron chi connectivity index (χ3n) is 2.27. The molecule has 0 saturated heterocycles. The summed E-state index contributed by atoms with van der Waals surface area (Å²) in [5, 5.41) is 0. The van der Waals surface area contributed by atoms with Gasteiger partial charge in [0.05, 0.1) is 4.90 Å². The van der Waals surface area contributed by atoms with Crippen molar-refractivity contribution in [3.05, 3.63) is 29.8 Å². The molecular weight excluding hydrogens is 224 g/mol. The van der Waals surface area contributed by atoms with Crippen LogP contribution >= 0.6 is 0 Å². The maximum Gasteiger partial charge on any atom is 0.240 e. The average Bonchev–Trinajstić information content (AvgIpc) is 2.26. The van der Waals surface area contributed by atoms with E-state index < -0.39 is 10.0 Å². The molecular formula is C11H18N2O2S. The van der Waals surface area contributed by atoms with Crippen LogP contribution in [0.3, 0.4) is 0 Å². The molecule has 0 fully saturated rings. The van der Waals surface area contributed by atoms with Crippen LogP contribution in [-0.2, 0) is 10.0 Å². The number of sulfonamides is 1. The van der Waals surface area contributed by atoms with Crippen LogP contribution in [0.4, 0.5) is 0 Å². The van der Waals surface area contributed by atoms with E-state index in [4.69, 9.17) is 5.73 Å². The summed E-state index contributed by atoms with van der Waals surface area (Å²) in [5.74, 6) is 0.310. The summed E-state index contributed by atoms with van der Waals surface area (Å²) in [4.78, 5) is 0.298. The standard InChI is InChI=1S/C11H18N2O2S/c1-9(2)10-4-3-5-11(8-10)16(14,15)13-7-6-12/h3-5,8-9,13H,6-7,12H2,1-2H3. The zero-order valence-electron chi connectivity index (χ0n) is 9.60. The molecule has 0 atom stereocenters. The first kappa shape index (κ1) is 13.2. The molecule has 16 heavy (non-hydrogen) atoms. The van der Waals surface area contributed by atoms with Crippen LogP contribution in [-0.4, -0.2) is 21.5 Å². The first-order valence-electron chi connectivity index (χ1n) is 5.27. The Hall–Kier alpha value is -0.910. The molecule has 1 aromatic rings. The van der Waals surface area contributed by atoms with Gasteiger partial charge in [0.25, 0.3) is 0 Å². The lowest BCUT2D eigenvalue weighted by Crippen LogP contribution is -2.29. The highest BCUT2D eigenvalue weighted by Gasteiger charge is 2.13. The second kappa shape index (κ2) is 5.43. The Kier molecular flexibility index (Phi) is 4.46. The predicted octanol–water partition coefficient (Wildman–Crippen LogP) is 1.05. The molecule has 0 aliphatic carbocycles. The Labute approximate surface area is 96.9 Å². The van der Waals surface area contributed by atoms with Crippen LogP contribution in [0, 0.1) is 0 Å². The van der Waals surface area contributed by atoms with Crippen molar-refractivity contribution in [3.63, 3.8) is 0 Å². The third-order valence-corrected chi connectivity index (χ3v) is 3.73. The highest BCUT2D eigenvalue weighted by Crippen LogP contribution is 2.18. The zero-order valence-corrected chi connectivity index (χ0v) is 10.4. The van der Waals surface area contributed by atoms with E-state index in [9.17, 15) is 8.42 Å². The fourth-order valence-electron chi connectivity index (χ4n) is 1.32. The first-order chi connectivity index (χ1) is 7.47. The average molecular weight is 242 g/mol. The molecule has 0 radical (unpaired) electrons. The van der Waals surface area contributed by atoms with Crippen LogP contribution in [0.15, 0.2) is 29.2 Å². The summed E-state index contributed by atoms with van der Waals surface area (Å²) < 4.78 is 26.0. The lowest BCUT2D eigenvalue weighted by Gasteiger charge is -2.09. The molecule has 90 valence electrons. The van der Waals surface area contributed by atoms with Crippen molar-refractivity contribution in [2.24, 2.45) is 5.73 Å². The number of hydrogen-bond acceptors (Lipinski definition) is 3. The Balaban J connectivity index is 2.99. The molecule has 0 unspecified atom stereocenters. The van der Waals surface area contributed by atoms with E-state index in [1.807, 2.05) is 19.9 Å². The third kappa shape index (κ3) is 3.30. The number of nitrogens with one attached hydrogen (secondary N) is 1. The lowest BCUT2D eigenvalue weighted by molar-refractivity contribution is 0.582. The largest absolute Gasteiger partial charge is 0.329 e. The van der Waals surface area contributed by atoms with E-state index in [2.05, 4.69) is 4.72 Å². The molecule has 5 heteroatoms. The molecule has 1 rings (SSSR count). The lowest BCUT2D eigenvalue weighted by atomic mass is 10.0. The molecule has 1 aromatic carbocycles. The van der Waals surface area contributed by atoms with Crippen molar-refractivity contribution in [3.8, 4) is 0 Å². The number of benzene rings is 1. The quantitative estimate of drug-likeness (QED) is 0.810. The second-order valence-corrected chi connectivity index (χ2v) is 5.68. The van der Waals surface area contributed by atoms with Crippen LogP contribution in [0.25, 0.3) is 0 Å². The Bertz CT molecular complexity index is 441. The van der Waals surface area contributed by atoms with Gasteiger partial charge in [-0.25, -0.2) is 13.1 Å². The zero-order chi connectivity index (χ0) is 12.2. The molecule has 3 N–H and O–H groups in total. The van der Waals surface area contributed by atoms with Gasteiger partial charge in [-0.1, -0.05) is 26.0 Å². The Morgan fingerprint density at radius 2 is 2.06 bits per heavy atom. The summed E-state index contributed by atoms with van der Waals surface area (Å²) in [6.45, 7) is 4.61. The molecule has 0 spiro atoms. The summed E-state index contributed by atoms with van der Waals surface area (Å²) in [5.41, 5.74) is 6.27. The van der Waals surface area contributed by atoms with Gasteiger partial charge in [-0.05, 0) is 23.6 Å². The second-order valence-electron chi connectivity index (χ2n) is 3.91. The van der Waals surface area contributed by atoms with Crippen molar-refractivity contribution < 1.29 is 8.42 Å². The van der Waals surface area contributed by atoms with E-state index >= 15 is 0 Å². The SMILES string of the molecule is CC(C)c1cccc(S(=O)(=O)NCCN)c1. The molecule has 0 saturated carbocycles. The monoisotopic (exact) mass is 242 g/mol. The molecule has 0 amide bonds. The van der Waals surface area contributed by atoms with Gasteiger partial charge in [-0.3, -0.25) is 0 Å². The van der Waals surface area contributed by atoms with E-state index in [0.717, 1.165) is 5.56 Å². The van der Waals surface area contributed by atoms with Gasteiger partial charge >= 0.3 is 0 Å². The van der Waals surface area contributed by atoms with Crippen molar-refractivity contribution in [2.75, 3.05) is 13.1 Å². The fourth-order valence-corrected chi connectivity index (χ4v) is 2.42. The Morgan fingerprint density at radius 3 is 2.62 bits per heavy atom. The minimum atomic E-state index is -3.41. The fraction of sp³-hybridized carbons (Fsp3) is 0.455. The van der Waals surface area contributed by atoms with Crippen LogP contribution in [0.2, 0.25) is 0 Å². The van der Waals surface area contributed by atoms with E-state index in [-0.39, 0.29) is 6.54 Å². The van der Waals surface area contributed by atoms with Crippen LogP contribution < -0.4 is 10.5 Å². The van der Waals surface area contributed by atoms with Gasteiger partial charge in [0.15, 0.2) is 0 Å². The summed E-state index contributed by atoms with van der Waals surface area (Å²) in [6.07, 6.45) is 0. The van der Waals surface area contributed by atoms with Crippen molar-refractivity contribution in [1.29, 1.82) is 0 Å². The van der Waals surface area contributed by atoms with Gasteiger partial charge in [0.2, 0.25) is 10.0 Å². The van der Waals surface area contributed by atoms with E-state index in [0.29, 0.717) is 17.4 Å². The highest BCUT2D eigenvalue weighted by molar-refractivity contribution is 7.89. The highest BCUT2D eigenvalue weighted by atomic mass is 32.2. The van der Waals surface area contributed by atoms with Gasteiger partial charge in [0.1, 0.15) is 0 Å². The van der Waals surface area contributed by atoms with Gasteiger partial charge in [0, 0.05) is 13.1 Å². The minimum absolute atomic E-state index is 0.258. The maximum atomic E-state index is 11.8. The summed E-state index contributed by atoms with van der Waals surface area (Å²) >= 11 is 0. The number of hydrogen-bond donors (Lipinski definition) is 2. The van der Waals surface area contributed by atoms with Crippen molar-refractivity contribution >= 4 is 10.0 Å². The van der Waals surface area contributed by atoms with Crippen LogP contribution in [0.5, 0.6) is 0 Å². The Morgan fingerprint density at radius 1 is 1.38 bits per heavy atom. The van der Waals surface area contributed by atoms with E-state index in [1.165, 1.54) is 0 Å². The molecule has 0 aliphatic rings. The molecule has 0 aliphatic heterocycles. The topological polar surface area (TPSA) is 72.2 Å². The smallest absolute Gasteiger partial charge is 0.240 e. The maximum absolute atomic E-state index is 11.8. The van der Waals surface area contributed by atoms with Gasteiger partial charge in [-0.2, -0.15) is 0 Å². The first-order valence-corrected chi connectivity index (χ1v) is 6.75. The predicted molar refractivity (Wildman–Crippen MR) is 64.8 cm³/mol. The van der Waals surface area contributed by atoms with Crippen molar-refractivity contribution in [2.45, 2.75) is 24.7 Å². The van der Waals surface area contributed by atoms with E-state index in [1.54, 1.807) is 18.2 Å². The molecule has 0 heterocycles. The molecule has 0 aromatic heterocycles. The van der Waals surface area contributed by atoms with Gasteiger partial charge < -0.3 is 5.73 Å². The van der Waals surface area contributed by atoms with Gasteiger partial charge in [-0.15, -0.1) is 0 Å². The normalized spacial score (nSPS) is 12.0. The van der Waals surface area contributed by atoms with Crippen molar-refractivity contribution in [1.82, 2.24) is 4.72 Å². The minimum Gasteiger partial charge on any atom is -0.329 e. The summed E-state index contributed by atoms with van der Waals surface area (Å²) in [7, 11) is -3.41. The number of rotatable bonds is 5. The molecule has 0 bridgehead atoms. The van der Waals surface area contributed by atoms with Crippen LogP contribution in [0.1, 0.15) is 25.3 Å².